The molecule has 0 bridgehead atoms. The molecule has 3 heterocycles. The molecule has 1 fully saturated rings. The van der Waals surface area contributed by atoms with E-state index in [1.54, 1.807) is 19.4 Å². The molecule has 2 unspecified atom stereocenters. The first-order valence-corrected chi connectivity index (χ1v) is 13.9. The van der Waals surface area contributed by atoms with Crippen LogP contribution in [0.1, 0.15) is 68.7 Å². The quantitative estimate of drug-likeness (QED) is 0.240. The molecule has 3 atom stereocenters. The molecule has 1 saturated heterocycles. The van der Waals surface area contributed by atoms with Crippen LogP contribution in [0.5, 0.6) is 5.75 Å². The van der Waals surface area contributed by atoms with Gasteiger partial charge in [-0.2, -0.15) is 0 Å². The minimum atomic E-state index is -1.09. The number of nitrogens with zero attached hydrogens (tertiary/aromatic N) is 3. The molecule has 38 heavy (non-hydrogen) atoms. The van der Waals surface area contributed by atoms with E-state index in [0.29, 0.717) is 30.1 Å². The first-order chi connectivity index (χ1) is 18.5. The third-order valence-electron chi connectivity index (χ3n) is 8.00. The lowest BCUT2D eigenvalue weighted by atomic mass is 9.79. The second-order valence-electron chi connectivity index (χ2n) is 10.5. The van der Waals surface area contributed by atoms with Gasteiger partial charge in [0, 0.05) is 36.9 Å². The summed E-state index contributed by atoms with van der Waals surface area (Å²) in [6.45, 7) is 2.96. The number of pyridine rings is 2. The Morgan fingerprint density at radius 1 is 1.11 bits per heavy atom. The van der Waals surface area contributed by atoms with Gasteiger partial charge in [0.15, 0.2) is 0 Å². The minimum Gasteiger partial charge on any atom is -0.497 e. The van der Waals surface area contributed by atoms with Crippen LogP contribution in [-0.2, 0) is 11.2 Å². The highest BCUT2D eigenvalue weighted by atomic mass is 19.1. The summed E-state index contributed by atoms with van der Waals surface area (Å²) in [5, 5.41) is 10.1. The number of likely N-dealkylation sites (tertiary alicyclic amines) is 1. The van der Waals surface area contributed by atoms with E-state index in [1.807, 2.05) is 30.6 Å². The molecular formula is C31H40FN3O3. The Bertz CT molecular complexity index is 1160. The highest BCUT2D eigenvalue weighted by molar-refractivity contribution is 5.83. The predicted octanol–water partition coefficient (Wildman–Crippen LogP) is 6.65. The maximum atomic E-state index is 15.6. The Balaban J connectivity index is 1.29. The van der Waals surface area contributed by atoms with Gasteiger partial charge in [0.25, 0.3) is 0 Å². The van der Waals surface area contributed by atoms with Crippen molar-refractivity contribution in [3.63, 3.8) is 0 Å². The van der Waals surface area contributed by atoms with E-state index in [9.17, 15) is 9.90 Å². The summed E-state index contributed by atoms with van der Waals surface area (Å²) in [4.78, 5) is 22.3. The van der Waals surface area contributed by atoms with Crippen LogP contribution in [0.4, 0.5) is 4.39 Å². The Hall–Kier alpha value is -3.06. The van der Waals surface area contributed by atoms with Gasteiger partial charge in [-0.1, -0.05) is 6.42 Å². The summed E-state index contributed by atoms with van der Waals surface area (Å²) in [6.07, 6.45) is 11.9. The van der Waals surface area contributed by atoms with Crippen molar-refractivity contribution in [2.45, 2.75) is 64.0 Å². The zero-order chi connectivity index (χ0) is 26.7. The van der Waals surface area contributed by atoms with E-state index in [1.165, 1.54) is 12.0 Å². The summed E-state index contributed by atoms with van der Waals surface area (Å²) in [5.41, 5.74) is 2.75. The highest BCUT2D eigenvalue weighted by Crippen LogP contribution is 2.36. The van der Waals surface area contributed by atoms with Crippen LogP contribution in [0.3, 0.4) is 0 Å². The highest BCUT2D eigenvalue weighted by Gasteiger charge is 2.30. The van der Waals surface area contributed by atoms with Crippen LogP contribution in [0.25, 0.3) is 10.9 Å². The van der Waals surface area contributed by atoms with Gasteiger partial charge in [-0.25, -0.2) is 4.39 Å². The molecule has 7 heteroatoms. The van der Waals surface area contributed by atoms with Crippen molar-refractivity contribution in [3.05, 3.63) is 66.1 Å². The number of rotatable bonds is 14. The maximum absolute atomic E-state index is 15.6. The standard InChI is InChI=1S/C31H40FN3O3/c1-38-26-8-10-30-28(21-26)27(14-18-34-30)29(32)9-6-24-15-20-35(22-25(24)7-11-31(36)37)19-4-2-3-5-23-12-16-33-17-13-23/h8,10,12-14,16-18,21,24-25,29H,2-7,9,11,15,19-20,22H2,1H3,(H,36,37)/t24?,25?,29-/m0/s1. The normalized spacial score (nSPS) is 18.9. The van der Waals surface area contributed by atoms with Crippen molar-refractivity contribution in [2.75, 3.05) is 26.7 Å². The summed E-state index contributed by atoms with van der Waals surface area (Å²) < 4.78 is 20.9. The number of aromatic nitrogens is 2. The van der Waals surface area contributed by atoms with Gasteiger partial charge in [0.05, 0.1) is 12.6 Å². The molecule has 0 spiro atoms. The van der Waals surface area contributed by atoms with Crippen LogP contribution in [0.2, 0.25) is 0 Å². The van der Waals surface area contributed by atoms with Gasteiger partial charge in [0.2, 0.25) is 0 Å². The molecule has 1 aliphatic rings. The van der Waals surface area contributed by atoms with Gasteiger partial charge in [0.1, 0.15) is 11.9 Å². The lowest BCUT2D eigenvalue weighted by Crippen LogP contribution is -2.41. The van der Waals surface area contributed by atoms with Gasteiger partial charge >= 0.3 is 5.97 Å². The molecule has 0 saturated carbocycles. The zero-order valence-electron chi connectivity index (χ0n) is 22.4. The molecule has 0 amide bonds. The molecule has 0 radical (unpaired) electrons. The fourth-order valence-electron chi connectivity index (χ4n) is 5.83. The molecule has 0 aliphatic carbocycles. The van der Waals surface area contributed by atoms with E-state index in [2.05, 4.69) is 27.0 Å². The third-order valence-corrected chi connectivity index (χ3v) is 8.00. The van der Waals surface area contributed by atoms with Crippen LogP contribution in [-0.4, -0.2) is 52.7 Å². The van der Waals surface area contributed by atoms with Gasteiger partial charge in [-0.15, -0.1) is 0 Å². The van der Waals surface area contributed by atoms with E-state index >= 15 is 4.39 Å². The number of alkyl halides is 1. The number of aliphatic carboxylic acids is 1. The molecule has 1 N–H and O–H groups in total. The van der Waals surface area contributed by atoms with Crippen LogP contribution in [0.15, 0.2) is 55.0 Å². The fraction of sp³-hybridized carbons (Fsp3) is 0.516. The summed E-state index contributed by atoms with van der Waals surface area (Å²) in [6, 6.07) is 11.5. The second kappa shape index (κ2) is 14.2. The van der Waals surface area contributed by atoms with Crippen molar-refractivity contribution in [1.82, 2.24) is 14.9 Å². The Kier molecular flexibility index (Phi) is 10.4. The molecule has 1 aliphatic heterocycles. The lowest BCUT2D eigenvalue weighted by Gasteiger charge is -2.39. The van der Waals surface area contributed by atoms with Crippen molar-refractivity contribution >= 4 is 16.9 Å². The van der Waals surface area contributed by atoms with Gasteiger partial charge in [-0.3, -0.25) is 14.8 Å². The van der Waals surface area contributed by atoms with Gasteiger partial charge in [-0.05, 0) is 117 Å². The number of methoxy groups -OCH3 is 1. The van der Waals surface area contributed by atoms with Crippen LogP contribution < -0.4 is 4.74 Å². The molecule has 4 rings (SSSR count). The summed E-state index contributed by atoms with van der Waals surface area (Å²) >= 11 is 0. The smallest absolute Gasteiger partial charge is 0.303 e. The summed E-state index contributed by atoms with van der Waals surface area (Å²) in [5.74, 6) is 0.575. The molecule has 3 aromatic rings. The van der Waals surface area contributed by atoms with E-state index < -0.39 is 12.1 Å². The first-order valence-electron chi connectivity index (χ1n) is 13.9. The molecule has 204 valence electrons. The number of halogens is 1. The number of piperidine rings is 1. The summed E-state index contributed by atoms with van der Waals surface area (Å²) in [7, 11) is 1.61. The number of fused-ring (bicyclic) bond motifs is 1. The van der Waals surface area contributed by atoms with Crippen LogP contribution in [0, 0.1) is 11.8 Å². The third kappa shape index (κ3) is 7.97. The van der Waals surface area contributed by atoms with Crippen molar-refractivity contribution in [2.24, 2.45) is 11.8 Å². The predicted molar refractivity (Wildman–Crippen MR) is 148 cm³/mol. The number of unbranched alkanes of at least 4 members (excludes halogenated alkanes) is 2. The van der Waals surface area contributed by atoms with Gasteiger partial charge < -0.3 is 14.7 Å². The Morgan fingerprint density at radius 2 is 1.95 bits per heavy atom. The Labute approximate surface area is 225 Å². The van der Waals surface area contributed by atoms with E-state index in [4.69, 9.17) is 4.74 Å². The zero-order valence-corrected chi connectivity index (χ0v) is 22.4. The van der Waals surface area contributed by atoms with Crippen molar-refractivity contribution < 1.29 is 19.0 Å². The minimum absolute atomic E-state index is 0.175. The molecule has 2 aromatic heterocycles. The van der Waals surface area contributed by atoms with Crippen molar-refractivity contribution in [1.29, 1.82) is 0 Å². The number of carboxylic acid groups (broad SMARTS) is 1. The average molecular weight is 522 g/mol. The SMILES string of the molecule is COc1ccc2nccc([C@@H](F)CCC3CCN(CCCCCc4ccncc4)CC3CCC(=O)O)c2c1. The monoisotopic (exact) mass is 521 g/mol. The Morgan fingerprint density at radius 3 is 2.74 bits per heavy atom. The second-order valence-corrected chi connectivity index (χ2v) is 10.5. The van der Waals surface area contributed by atoms with E-state index in [-0.39, 0.29) is 12.3 Å². The average Bonchev–Trinajstić information content (AvgIpc) is 2.95. The molecule has 1 aromatic carbocycles. The fourth-order valence-corrected chi connectivity index (χ4v) is 5.83. The lowest BCUT2D eigenvalue weighted by molar-refractivity contribution is -0.137. The van der Waals surface area contributed by atoms with E-state index in [0.717, 1.165) is 62.6 Å². The number of aryl methyl sites for hydroxylation is 1. The van der Waals surface area contributed by atoms with Crippen molar-refractivity contribution in [3.8, 4) is 5.75 Å². The number of carbonyl (C=O) groups is 1. The molecule has 6 nitrogen and oxygen atoms in total. The number of ether oxygens (including phenoxy) is 1. The van der Waals surface area contributed by atoms with Crippen LogP contribution >= 0.6 is 0 Å². The largest absolute Gasteiger partial charge is 0.497 e. The number of carboxylic acids is 1. The number of hydrogen-bond donors (Lipinski definition) is 1. The number of hydrogen-bond acceptors (Lipinski definition) is 5. The molecular weight excluding hydrogens is 481 g/mol. The maximum Gasteiger partial charge on any atom is 0.303 e. The first kappa shape index (κ1) is 28.0. The number of benzene rings is 1. The topological polar surface area (TPSA) is 75.5 Å².